The number of carbonyl (C=O) groups is 3. The van der Waals surface area contributed by atoms with Gasteiger partial charge in [0.25, 0.3) is 5.91 Å². The fourth-order valence-corrected chi connectivity index (χ4v) is 5.77. The van der Waals surface area contributed by atoms with Crippen LogP contribution >= 0.6 is 0 Å². The molecule has 0 radical (unpaired) electrons. The van der Waals surface area contributed by atoms with Crippen molar-refractivity contribution < 1.29 is 14.4 Å². The van der Waals surface area contributed by atoms with Gasteiger partial charge in [0, 0.05) is 6.54 Å². The first-order valence-electron chi connectivity index (χ1n) is 10.6. The quantitative estimate of drug-likeness (QED) is 0.551. The van der Waals surface area contributed by atoms with Gasteiger partial charge in [-0.15, -0.1) is 0 Å². The molecule has 6 heteroatoms. The highest BCUT2D eigenvalue weighted by Gasteiger charge is 2.56. The van der Waals surface area contributed by atoms with E-state index in [0.29, 0.717) is 25.3 Å². The molecular weight excluding hydrogens is 342 g/mol. The normalized spacial score (nSPS) is 30.8. The maximum Gasteiger partial charge on any atom is 0.325 e. The molecule has 0 aromatic carbocycles. The highest BCUT2D eigenvalue weighted by Crippen LogP contribution is 2.46. The zero-order valence-electron chi connectivity index (χ0n) is 17.1. The average molecular weight is 378 g/mol. The van der Waals surface area contributed by atoms with E-state index in [4.69, 9.17) is 0 Å². The molecule has 3 rings (SSSR count). The average Bonchev–Trinajstić information content (AvgIpc) is 3.13. The van der Waals surface area contributed by atoms with Crippen LogP contribution in [0, 0.1) is 17.3 Å². The van der Waals surface area contributed by atoms with Gasteiger partial charge >= 0.3 is 6.03 Å². The minimum Gasteiger partial charge on any atom is -0.355 e. The van der Waals surface area contributed by atoms with Crippen LogP contribution in [0.1, 0.15) is 78.6 Å². The molecule has 2 aliphatic carbocycles. The highest BCUT2D eigenvalue weighted by atomic mass is 16.2. The summed E-state index contributed by atoms with van der Waals surface area (Å²) in [6, 6.07) is -0.425. The molecule has 2 atom stereocenters. The monoisotopic (exact) mass is 377 g/mol. The molecule has 1 aliphatic heterocycles. The molecule has 0 aromatic heterocycles. The Morgan fingerprint density at radius 2 is 1.93 bits per heavy atom. The van der Waals surface area contributed by atoms with Gasteiger partial charge in [0.2, 0.25) is 5.91 Å². The van der Waals surface area contributed by atoms with E-state index in [1.54, 1.807) is 0 Å². The number of amides is 4. The molecule has 6 nitrogen and oxygen atoms in total. The standard InChI is InChI=1S/C21H35N3O3/c1-15-11-20(2,3)14-21(12-15)18(26)24(19(27)23-21)13-17(25)22-10-6-9-16-7-4-5-8-16/h15-16H,4-14H2,1-3H3,(H,22,25)(H,23,27). The van der Waals surface area contributed by atoms with Gasteiger partial charge in [-0.2, -0.15) is 0 Å². The van der Waals surface area contributed by atoms with Crippen molar-refractivity contribution in [2.75, 3.05) is 13.1 Å². The van der Waals surface area contributed by atoms with Crippen LogP contribution in [0.15, 0.2) is 0 Å². The van der Waals surface area contributed by atoms with E-state index in [1.807, 2.05) is 0 Å². The second-order valence-corrected chi connectivity index (χ2v) is 9.90. The molecule has 1 saturated heterocycles. The van der Waals surface area contributed by atoms with Crippen molar-refractivity contribution in [1.29, 1.82) is 0 Å². The van der Waals surface area contributed by atoms with Crippen LogP contribution in [0.25, 0.3) is 0 Å². The molecule has 3 fully saturated rings. The van der Waals surface area contributed by atoms with Crippen LogP contribution in [0.2, 0.25) is 0 Å². The molecule has 1 heterocycles. The third kappa shape index (κ3) is 4.64. The summed E-state index contributed by atoms with van der Waals surface area (Å²) in [5, 5.41) is 5.80. The first-order valence-corrected chi connectivity index (χ1v) is 10.6. The number of nitrogens with zero attached hydrogens (tertiary/aromatic N) is 1. The van der Waals surface area contributed by atoms with Crippen LogP contribution in [0.5, 0.6) is 0 Å². The molecule has 1 spiro atoms. The summed E-state index contributed by atoms with van der Waals surface area (Å²) in [4.78, 5) is 38.8. The number of rotatable bonds is 6. The lowest BCUT2D eigenvalue weighted by Gasteiger charge is -2.43. The third-order valence-electron chi connectivity index (χ3n) is 6.51. The first kappa shape index (κ1) is 20.2. The Hall–Kier alpha value is -1.59. The van der Waals surface area contributed by atoms with Crippen molar-refractivity contribution in [3.05, 3.63) is 0 Å². The van der Waals surface area contributed by atoms with Crippen molar-refractivity contribution in [2.45, 2.75) is 84.1 Å². The number of urea groups is 1. The lowest BCUT2D eigenvalue weighted by molar-refractivity contribution is -0.137. The summed E-state index contributed by atoms with van der Waals surface area (Å²) in [5.74, 6) is 0.699. The number of hydrogen-bond acceptors (Lipinski definition) is 3. The zero-order chi connectivity index (χ0) is 19.7. The summed E-state index contributed by atoms with van der Waals surface area (Å²) in [6.07, 6.45) is 9.74. The van der Waals surface area contributed by atoms with E-state index in [2.05, 4.69) is 31.4 Å². The molecule has 0 aromatic rings. The van der Waals surface area contributed by atoms with Gasteiger partial charge in [0.05, 0.1) is 0 Å². The van der Waals surface area contributed by atoms with Crippen molar-refractivity contribution in [2.24, 2.45) is 17.3 Å². The van der Waals surface area contributed by atoms with Crippen LogP contribution in [-0.2, 0) is 9.59 Å². The lowest BCUT2D eigenvalue weighted by atomic mass is 9.64. The molecule has 2 saturated carbocycles. The number of nitrogens with one attached hydrogen (secondary N) is 2. The van der Waals surface area contributed by atoms with Crippen molar-refractivity contribution in [3.63, 3.8) is 0 Å². The SMILES string of the molecule is CC1CC(C)(C)CC2(C1)NC(=O)N(CC(=O)NCCCC1CCCC1)C2=O. The molecule has 2 N–H and O–H groups in total. The summed E-state index contributed by atoms with van der Waals surface area (Å²) in [6.45, 7) is 6.85. The summed E-state index contributed by atoms with van der Waals surface area (Å²) in [7, 11) is 0. The maximum atomic E-state index is 13.0. The van der Waals surface area contributed by atoms with Gasteiger partial charge in [-0.05, 0) is 49.4 Å². The van der Waals surface area contributed by atoms with Gasteiger partial charge < -0.3 is 10.6 Å². The van der Waals surface area contributed by atoms with Gasteiger partial charge in [0.1, 0.15) is 12.1 Å². The maximum absolute atomic E-state index is 13.0. The Labute approximate surface area is 162 Å². The Morgan fingerprint density at radius 1 is 1.22 bits per heavy atom. The van der Waals surface area contributed by atoms with E-state index >= 15 is 0 Å². The summed E-state index contributed by atoms with van der Waals surface area (Å²) < 4.78 is 0. The number of carbonyl (C=O) groups excluding carboxylic acids is 3. The Morgan fingerprint density at radius 3 is 2.59 bits per heavy atom. The number of hydrogen-bond donors (Lipinski definition) is 2. The molecule has 27 heavy (non-hydrogen) atoms. The van der Waals surface area contributed by atoms with Gasteiger partial charge in [0.15, 0.2) is 0 Å². The van der Waals surface area contributed by atoms with E-state index in [0.717, 1.165) is 30.1 Å². The minimum absolute atomic E-state index is 0.000879. The van der Waals surface area contributed by atoms with Crippen LogP contribution in [-0.4, -0.2) is 41.4 Å². The largest absolute Gasteiger partial charge is 0.355 e. The van der Waals surface area contributed by atoms with Gasteiger partial charge in [-0.1, -0.05) is 46.5 Å². The molecular formula is C21H35N3O3. The molecule has 0 bridgehead atoms. The van der Waals surface area contributed by atoms with E-state index in [9.17, 15) is 14.4 Å². The first-order chi connectivity index (χ1) is 12.7. The van der Waals surface area contributed by atoms with E-state index < -0.39 is 11.6 Å². The van der Waals surface area contributed by atoms with Crippen LogP contribution in [0.4, 0.5) is 4.79 Å². The zero-order valence-corrected chi connectivity index (χ0v) is 17.1. The topological polar surface area (TPSA) is 78.5 Å². The predicted molar refractivity (Wildman–Crippen MR) is 104 cm³/mol. The number of imide groups is 1. The highest BCUT2D eigenvalue weighted by molar-refractivity contribution is 6.09. The fraction of sp³-hybridized carbons (Fsp3) is 0.857. The summed E-state index contributed by atoms with van der Waals surface area (Å²) >= 11 is 0. The van der Waals surface area contributed by atoms with Crippen LogP contribution < -0.4 is 10.6 Å². The van der Waals surface area contributed by atoms with E-state index in [-0.39, 0.29) is 23.8 Å². The lowest BCUT2D eigenvalue weighted by Crippen LogP contribution is -2.54. The Bertz CT molecular complexity index is 597. The summed E-state index contributed by atoms with van der Waals surface area (Å²) in [5.41, 5.74) is -0.833. The fourth-order valence-electron chi connectivity index (χ4n) is 5.77. The van der Waals surface area contributed by atoms with Crippen LogP contribution in [0.3, 0.4) is 0 Å². The third-order valence-corrected chi connectivity index (χ3v) is 6.51. The molecule has 3 aliphatic rings. The second kappa shape index (κ2) is 7.80. The van der Waals surface area contributed by atoms with E-state index in [1.165, 1.54) is 25.7 Å². The molecule has 2 unspecified atom stereocenters. The predicted octanol–water partition coefficient (Wildman–Crippen LogP) is 3.21. The van der Waals surface area contributed by atoms with Crippen molar-refractivity contribution in [3.8, 4) is 0 Å². The minimum atomic E-state index is -0.832. The Kier molecular flexibility index (Phi) is 5.82. The second-order valence-electron chi connectivity index (χ2n) is 9.90. The van der Waals surface area contributed by atoms with Gasteiger partial charge in [-0.25, -0.2) is 4.79 Å². The van der Waals surface area contributed by atoms with Crippen molar-refractivity contribution in [1.82, 2.24) is 15.5 Å². The smallest absolute Gasteiger partial charge is 0.325 e. The van der Waals surface area contributed by atoms with Gasteiger partial charge in [-0.3, -0.25) is 14.5 Å². The molecule has 4 amide bonds. The van der Waals surface area contributed by atoms with Crippen molar-refractivity contribution >= 4 is 17.8 Å². The molecule has 152 valence electrons. The Balaban J connectivity index is 1.50.